The van der Waals surface area contributed by atoms with E-state index in [0.29, 0.717) is 0 Å². The molecule has 19 heavy (non-hydrogen) atoms. The van der Waals surface area contributed by atoms with Crippen molar-refractivity contribution >= 4 is 0 Å². The Morgan fingerprint density at radius 2 is 2.00 bits per heavy atom. The lowest BCUT2D eigenvalue weighted by molar-refractivity contribution is 0.280. The van der Waals surface area contributed by atoms with Gasteiger partial charge in [-0.05, 0) is 50.5 Å². The van der Waals surface area contributed by atoms with E-state index in [2.05, 4.69) is 30.3 Å². The normalized spacial score (nSPS) is 22.0. The van der Waals surface area contributed by atoms with Crippen molar-refractivity contribution in [1.29, 1.82) is 0 Å². The molecule has 1 N–H and O–H groups in total. The van der Waals surface area contributed by atoms with Crippen LogP contribution in [0.4, 0.5) is 0 Å². The van der Waals surface area contributed by atoms with Gasteiger partial charge in [0.05, 0.1) is 6.10 Å². The summed E-state index contributed by atoms with van der Waals surface area (Å²) in [7, 11) is 0. The van der Waals surface area contributed by atoms with E-state index >= 15 is 0 Å². The average Bonchev–Trinajstić information content (AvgIpc) is 3.09. The summed E-state index contributed by atoms with van der Waals surface area (Å²) in [5, 5.41) is 9.55. The van der Waals surface area contributed by atoms with Gasteiger partial charge in [0.15, 0.2) is 0 Å². The summed E-state index contributed by atoms with van der Waals surface area (Å²) >= 11 is 0. The lowest BCUT2D eigenvalue weighted by Crippen LogP contribution is -1.96. The second-order valence-electron chi connectivity index (χ2n) is 4.60. The van der Waals surface area contributed by atoms with Crippen molar-refractivity contribution in [3.8, 4) is 23.7 Å². The van der Waals surface area contributed by atoms with Gasteiger partial charge in [-0.15, -0.1) is 6.58 Å². The molecule has 102 valence electrons. The molecular weight excluding hydrogens is 236 g/mol. The minimum absolute atomic E-state index is 0.0394. The smallest absolute Gasteiger partial charge is 0.145 e. The van der Waals surface area contributed by atoms with Crippen molar-refractivity contribution in [2.45, 2.75) is 57.3 Å². The molecule has 0 aromatic carbocycles. The maximum Gasteiger partial charge on any atom is 0.145 e. The molecule has 1 aliphatic heterocycles. The molecule has 0 saturated carbocycles. The van der Waals surface area contributed by atoms with E-state index < -0.39 is 6.10 Å². The Morgan fingerprint density at radius 1 is 1.26 bits per heavy atom. The van der Waals surface area contributed by atoms with Gasteiger partial charge in [-0.25, -0.2) is 0 Å². The first-order chi connectivity index (χ1) is 9.24. The fourth-order valence-electron chi connectivity index (χ4n) is 1.56. The van der Waals surface area contributed by atoms with Crippen molar-refractivity contribution in [3.05, 3.63) is 24.8 Å². The fraction of sp³-hybridized carbons (Fsp3) is 0.529. The average molecular weight is 258 g/mol. The van der Waals surface area contributed by atoms with Gasteiger partial charge in [-0.1, -0.05) is 30.4 Å². The molecule has 0 aliphatic carbocycles. The van der Waals surface area contributed by atoms with Crippen LogP contribution in [0.15, 0.2) is 24.8 Å². The second-order valence-corrected chi connectivity index (χ2v) is 4.60. The maximum absolute atomic E-state index is 9.55. The molecule has 0 aromatic heterocycles. The largest absolute Gasteiger partial charge is 0.377 e. The van der Waals surface area contributed by atoms with Crippen LogP contribution in [-0.2, 0) is 4.74 Å². The van der Waals surface area contributed by atoms with E-state index in [9.17, 15) is 5.11 Å². The van der Waals surface area contributed by atoms with Crippen molar-refractivity contribution in [2.24, 2.45) is 0 Å². The number of unbranched alkanes of at least 4 members (excludes halogenated alkanes) is 4. The number of hydrogen-bond donors (Lipinski definition) is 1. The molecule has 2 heteroatoms. The van der Waals surface area contributed by atoms with E-state index in [-0.39, 0.29) is 12.2 Å². The summed E-state index contributed by atoms with van der Waals surface area (Å²) in [6.07, 6.45) is 10.8. The van der Waals surface area contributed by atoms with Crippen molar-refractivity contribution < 1.29 is 9.84 Å². The summed E-state index contributed by atoms with van der Waals surface area (Å²) in [5.41, 5.74) is 0. The Kier molecular flexibility index (Phi) is 7.75. The number of aliphatic hydroxyl groups is 1. The molecule has 1 saturated heterocycles. The highest BCUT2D eigenvalue weighted by Crippen LogP contribution is 2.18. The minimum Gasteiger partial charge on any atom is -0.377 e. The van der Waals surface area contributed by atoms with Gasteiger partial charge in [-0.2, -0.15) is 0 Å². The zero-order valence-electron chi connectivity index (χ0n) is 11.6. The monoisotopic (exact) mass is 258 g/mol. The minimum atomic E-state index is -0.722. The fourth-order valence-corrected chi connectivity index (χ4v) is 1.56. The molecule has 3 atom stereocenters. The standard InChI is InChI=1S/C17H22O2/c1-3-4-5-6-7-8-9-12-16(18)13-10-11-14-17-15(2)19-17/h3,9,12,15-18H,1,4-8H2,2H3/b12-9-/t15-,16-,17-/m1/s1. The molecular formula is C17H22O2. The van der Waals surface area contributed by atoms with Crippen molar-refractivity contribution in [1.82, 2.24) is 0 Å². The Balaban J connectivity index is 2.08. The molecule has 0 radical (unpaired) electrons. The molecule has 0 spiro atoms. The number of aliphatic hydroxyl groups excluding tert-OH is 1. The molecule has 2 nitrogen and oxygen atoms in total. The van der Waals surface area contributed by atoms with Gasteiger partial charge in [0.1, 0.15) is 12.2 Å². The topological polar surface area (TPSA) is 32.8 Å². The Bertz CT molecular complexity index is 414. The van der Waals surface area contributed by atoms with E-state index in [1.807, 2.05) is 19.1 Å². The molecule has 1 aliphatic rings. The summed E-state index contributed by atoms with van der Waals surface area (Å²) in [6, 6.07) is 0. The number of hydrogen-bond acceptors (Lipinski definition) is 2. The molecule has 1 heterocycles. The highest BCUT2D eigenvalue weighted by atomic mass is 16.6. The highest BCUT2D eigenvalue weighted by Gasteiger charge is 2.31. The molecule has 0 aromatic rings. The SMILES string of the molecule is C=CCCCCC/C=C\[C@@H](O)C#CC#C[C@H]1O[C@@H]1C. The zero-order chi connectivity index (χ0) is 13.9. The first-order valence-electron chi connectivity index (χ1n) is 6.86. The van der Waals surface area contributed by atoms with Crippen LogP contribution in [0, 0.1) is 23.7 Å². The number of ether oxygens (including phenoxy) is 1. The Labute approximate surface area is 116 Å². The predicted octanol–water partition coefficient (Wildman–Crippen LogP) is 2.83. The van der Waals surface area contributed by atoms with E-state index in [1.54, 1.807) is 6.08 Å². The van der Waals surface area contributed by atoms with Crippen LogP contribution in [0.25, 0.3) is 0 Å². The maximum atomic E-state index is 9.55. The lowest BCUT2D eigenvalue weighted by Gasteiger charge is -1.95. The van der Waals surface area contributed by atoms with Gasteiger partial charge >= 0.3 is 0 Å². The van der Waals surface area contributed by atoms with E-state index in [0.717, 1.165) is 19.3 Å². The first-order valence-corrected chi connectivity index (χ1v) is 6.86. The Hall–Kier alpha value is -1.48. The zero-order valence-corrected chi connectivity index (χ0v) is 11.6. The van der Waals surface area contributed by atoms with E-state index in [4.69, 9.17) is 4.74 Å². The molecule has 0 bridgehead atoms. The highest BCUT2D eigenvalue weighted by molar-refractivity contribution is 5.31. The summed E-state index contributed by atoms with van der Waals surface area (Å²) in [6.45, 7) is 5.66. The summed E-state index contributed by atoms with van der Waals surface area (Å²) < 4.78 is 5.12. The second kappa shape index (κ2) is 9.45. The molecule has 1 fully saturated rings. The number of allylic oxidation sites excluding steroid dienone is 2. The van der Waals surface area contributed by atoms with Crippen LogP contribution in [0.1, 0.15) is 39.0 Å². The summed E-state index contributed by atoms with van der Waals surface area (Å²) in [4.78, 5) is 0. The van der Waals surface area contributed by atoms with Gasteiger partial charge in [0, 0.05) is 0 Å². The third kappa shape index (κ3) is 8.27. The molecule has 0 amide bonds. The van der Waals surface area contributed by atoms with Crippen LogP contribution in [0.2, 0.25) is 0 Å². The van der Waals surface area contributed by atoms with Gasteiger partial charge in [0.2, 0.25) is 0 Å². The first kappa shape index (κ1) is 15.6. The van der Waals surface area contributed by atoms with Crippen molar-refractivity contribution in [2.75, 3.05) is 0 Å². The number of epoxide rings is 1. The Morgan fingerprint density at radius 3 is 2.68 bits per heavy atom. The van der Waals surface area contributed by atoms with Crippen LogP contribution in [0.3, 0.4) is 0 Å². The van der Waals surface area contributed by atoms with Crippen LogP contribution in [-0.4, -0.2) is 23.4 Å². The van der Waals surface area contributed by atoms with Gasteiger partial charge in [0.25, 0.3) is 0 Å². The number of rotatable bonds is 7. The van der Waals surface area contributed by atoms with Gasteiger partial charge < -0.3 is 9.84 Å². The van der Waals surface area contributed by atoms with E-state index in [1.165, 1.54) is 12.8 Å². The molecule has 0 unspecified atom stereocenters. The van der Waals surface area contributed by atoms with Crippen molar-refractivity contribution in [3.63, 3.8) is 0 Å². The third-order valence-corrected chi connectivity index (χ3v) is 2.81. The van der Waals surface area contributed by atoms with Crippen LogP contribution in [0.5, 0.6) is 0 Å². The van der Waals surface area contributed by atoms with Crippen LogP contribution < -0.4 is 0 Å². The lowest BCUT2D eigenvalue weighted by atomic mass is 10.1. The van der Waals surface area contributed by atoms with Gasteiger partial charge in [-0.3, -0.25) is 0 Å². The van der Waals surface area contributed by atoms with Crippen LogP contribution >= 0.6 is 0 Å². The molecule has 1 rings (SSSR count). The predicted molar refractivity (Wildman–Crippen MR) is 78.3 cm³/mol. The quantitative estimate of drug-likeness (QED) is 0.330. The summed E-state index contributed by atoms with van der Waals surface area (Å²) in [5.74, 6) is 10.9. The third-order valence-electron chi connectivity index (χ3n) is 2.81.